The van der Waals surface area contributed by atoms with Gasteiger partial charge in [-0.05, 0) is 60.0 Å². The number of nitrogens with one attached hydrogen (secondary N) is 1. The Bertz CT molecular complexity index is 1290. The van der Waals surface area contributed by atoms with Crippen molar-refractivity contribution in [2.45, 2.75) is 39.0 Å². The molecule has 0 radical (unpaired) electrons. The maximum absolute atomic E-state index is 14.7. The molecular formula is C26H26FN3O2S. The van der Waals surface area contributed by atoms with Crippen LogP contribution in [0.25, 0.3) is 21.3 Å². The highest BCUT2D eigenvalue weighted by Crippen LogP contribution is 2.28. The van der Waals surface area contributed by atoms with Crippen LogP contribution < -0.4 is 5.32 Å². The van der Waals surface area contributed by atoms with Crippen LogP contribution in [0.1, 0.15) is 42.9 Å². The summed E-state index contributed by atoms with van der Waals surface area (Å²) in [6.07, 6.45) is 3.77. The number of aryl methyl sites for hydroxylation is 1. The molecule has 0 amide bonds. The molecule has 7 heteroatoms. The van der Waals surface area contributed by atoms with Crippen LogP contribution in [0.3, 0.4) is 0 Å². The maximum atomic E-state index is 14.7. The second kappa shape index (κ2) is 10.1. The number of aliphatic carboxylic acids is 1. The summed E-state index contributed by atoms with van der Waals surface area (Å²) in [6.45, 7) is 4.33. The Balaban J connectivity index is 1.49. The van der Waals surface area contributed by atoms with Crippen LogP contribution in [0.2, 0.25) is 0 Å². The third kappa shape index (κ3) is 5.03. The molecule has 2 aromatic carbocycles. The Kier molecular flexibility index (Phi) is 6.99. The molecule has 0 bridgehead atoms. The standard InChI is InChI=1S/C26H26FN3O2S/c1-3-4-18-13-19(5-7-20(18)16(2)26(31)32)22-14-24(30-15-29-22)28-11-9-17-6-8-23-21(25(17)27)10-12-33-23/h5-8,10,12-16H,3-4,9,11H2,1-2H3,(H,31,32)(H,28,29,30). The predicted octanol–water partition coefficient (Wildman–Crippen LogP) is 6.29. The minimum absolute atomic E-state index is 0.155. The number of hydrogen-bond acceptors (Lipinski definition) is 5. The average molecular weight is 464 g/mol. The second-order valence-corrected chi connectivity index (χ2v) is 9.01. The van der Waals surface area contributed by atoms with Gasteiger partial charge >= 0.3 is 5.97 Å². The van der Waals surface area contributed by atoms with Gasteiger partial charge in [-0.2, -0.15) is 0 Å². The van der Waals surface area contributed by atoms with E-state index in [1.54, 1.807) is 6.92 Å². The van der Waals surface area contributed by atoms with Gasteiger partial charge in [0.15, 0.2) is 0 Å². The molecule has 1 atom stereocenters. The van der Waals surface area contributed by atoms with Crippen molar-refractivity contribution in [2.75, 3.05) is 11.9 Å². The van der Waals surface area contributed by atoms with Gasteiger partial charge in [0.2, 0.25) is 0 Å². The van der Waals surface area contributed by atoms with Gasteiger partial charge in [-0.15, -0.1) is 11.3 Å². The van der Waals surface area contributed by atoms with Gasteiger partial charge < -0.3 is 10.4 Å². The Hall–Kier alpha value is -3.32. The normalized spacial score (nSPS) is 12.1. The molecular weight excluding hydrogens is 437 g/mol. The number of nitrogens with zero attached hydrogens (tertiary/aromatic N) is 2. The van der Waals surface area contributed by atoms with Crippen molar-refractivity contribution >= 4 is 33.2 Å². The van der Waals surface area contributed by atoms with Gasteiger partial charge in [0.25, 0.3) is 0 Å². The minimum atomic E-state index is -0.830. The van der Waals surface area contributed by atoms with Crippen molar-refractivity contribution in [3.05, 3.63) is 76.7 Å². The molecule has 0 spiro atoms. The first-order valence-electron chi connectivity index (χ1n) is 11.0. The van der Waals surface area contributed by atoms with Gasteiger partial charge in [0.05, 0.1) is 11.6 Å². The number of carboxylic acids is 1. The van der Waals surface area contributed by atoms with Crippen LogP contribution in [0, 0.1) is 5.82 Å². The van der Waals surface area contributed by atoms with Crippen LogP contribution in [-0.4, -0.2) is 27.6 Å². The van der Waals surface area contributed by atoms with Crippen LogP contribution in [0.5, 0.6) is 0 Å². The quantitative estimate of drug-likeness (QED) is 0.305. The van der Waals surface area contributed by atoms with Crippen LogP contribution in [-0.2, 0) is 17.6 Å². The maximum Gasteiger partial charge on any atom is 0.310 e. The molecule has 0 aliphatic rings. The van der Waals surface area contributed by atoms with Crippen LogP contribution in [0.15, 0.2) is 54.2 Å². The van der Waals surface area contributed by atoms with Crippen molar-refractivity contribution in [2.24, 2.45) is 0 Å². The van der Waals surface area contributed by atoms with Crippen LogP contribution in [0.4, 0.5) is 10.2 Å². The molecule has 0 aliphatic heterocycles. The Morgan fingerprint density at radius 2 is 1.97 bits per heavy atom. The number of thiophene rings is 1. The number of rotatable bonds is 9. The molecule has 0 fully saturated rings. The van der Waals surface area contributed by atoms with E-state index >= 15 is 0 Å². The summed E-state index contributed by atoms with van der Waals surface area (Å²) in [6, 6.07) is 13.3. The lowest BCUT2D eigenvalue weighted by atomic mass is 9.91. The van der Waals surface area contributed by atoms with Gasteiger partial charge in [0, 0.05) is 28.3 Å². The lowest BCUT2D eigenvalue weighted by Crippen LogP contribution is -2.10. The summed E-state index contributed by atoms with van der Waals surface area (Å²) in [7, 11) is 0. The van der Waals surface area contributed by atoms with E-state index in [0.29, 0.717) is 29.7 Å². The van der Waals surface area contributed by atoms with Crippen molar-refractivity contribution in [3.8, 4) is 11.3 Å². The van der Waals surface area contributed by atoms with Crippen molar-refractivity contribution < 1.29 is 14.3 Å². The highest BCUT2D eigenvalue weighted by Gasteiger charge is 2.18. The monoisotopic (exact) mass is 463 g/mol. The van der Waals surface area contributed by atoms with Gasteiger partial charge in [-0.1, -0.05) is 31.5 Å². The zero-order chi connectivity index (χ0) is 23.4. The number of carboxylic acid groups (broad SMARTS) is 1. The molecule has 0 saturated carbocycles. The van der Waals surface area contributed by atoms with Crippen LogP contribution >= 0.6 is 11.3 Å². The number of anilines is 1. The largest absolute Gasteiger partial charge is 0.481 e. The second-order valence-electron chi connectivity index (χ2n) is 8.06. The molecule has 4 rings (SSSR count). The summed E-state index contributed by atoms with van der Waals surface area (Å²) in [4.78, 5) is 20.2. The fraction of sp³-hybridized carbons (Fsp3) is 0.269. The molecule has 170 valence electrons. The highest BCUT2D eigenvalue weighted by atomic mass is 32.1. The third-order valence-electron chi connectivity index (χ3n) is 5.81. The van der Waals surface area contributed by atoms with Crippen molar-refractivity contribution in [1.82, 2.24) is 9.97 Å². The van der Waals surface area contributed by atoms with E-state index in [0.717, 1.165) is 39.9 Å². The number of fused-ring (bicyclic) bond motifs is 1. The SMILES string of the molecule is CCCc1cc(-c2cc(NCCc3ccc4sccc4c3F)ncn2)ccc1C(C)C(=O)O. The van der Waals surface area contributed by atoms with E-state index in [9.17, 15) is 14.3 Å². The fourth-order valence-corrected chi connectivity index (χ4v) is 4.77. The van der Waals surface area contributed by atoms with E-state index in [1.165, 1.54) is 17.7 Å². The van der Waals surface area contributed by atoms with Gasteiger partial charge in [0.1, 0.15) is 18.0 Å². The number of carbonyl (C=O) groups is 1. The molecule has 0 aliphatic carbocycles. The lowest BCUT2D eigenvalue weighted by molar-refractivity contribution is -0.138. The average Bonchev–Trinajstić information content (AvgIpc) is 3.30. The van der Waals surface area contributed by atoms with Crippen molar-refractivity contribution in [3.63, 3.8) is 0 Å². The third-order valence-corrected chi connectivity index (χ3v) is 6.69. The summed E-state index contributed by atoms with van der Waals surface area (Å²) >= 11 is 1.54. The molecule has 2 aromatic heterocycles. The molecule has 5 nitrogen and oxygen atoms in total. The smallest absolute Gasteiger partial charge is 0.310 e. The summed E-state index contributed by atoms with van der Waals surface area (Å²) < 4.78 is 15.6. The minimum Gasteiger partial charge on any atom is -0.481 e. The van der Waals surface area contributed by atoms with E-state index in [2.05, 4.69) is 22.2 Å². The zero-order valence-corrected chi connectivity index (χ0v) is 19.5. The van der Waals surface area contributed by atoms with Gasteiger partial charge in [-0.25, -0.2) is 14.4 Å². The van der Waals surface area contributed by atoms with Crippen molar-refractivity contribution in [1.29, 1.82) is 0 Å². The Morgan fingerprint density at radius 1 is 1.12 bits per heavy atom. The molecule has 33 heavy (non-hydrogen) atoms. The van der Waals surface area contributed by atoms with Gasteiger partial charge in [-0.3, -0.25) is 4.79 Å². The topological polar surface area (TPSA) is 75.1 Å². The molecule has 4 aromatic rings. The molecule has 1 unspecified atom stereocenters. The first-order chi connectivity index (χ1) is 16.0. The zero-order valence-electron chi connectivity index (χ0n) is 18.6. The number of aromatic nitrogens is 2. The predicted molar refractivity (Wildman–Crippen MR) is 131 cm³/mol. The molecule has 0 saturated heterocycles. The number of hydrogen-bond donors (Lipinski definition) is 2. The Labute approximate surface area is 196 Å². The molecule has 2 heterocycles. The summed E-state index contributed by atoms with van der Waals surface area (Å²) in [5.41, 5.74) is 4.21. The van der Waals surface area contributed by atoms with E-state index in [-0.39, 0.29) is 5.82 Å². The first-order valence-corrected chi connectivity index (χ1v) is 11.9. The highest BCUT2D eigenvalue weighted by molar-refractivity contribution is 7.17. The lowest BCUT2D eigenvalue weighted by Gasteiger charge is -2.15. The fourth-order valence-electron chi connectivity index (χ4n) is 3.99. The Morgan fingerprint density at radius 3 is 2.76 bits per heavy atom. The number of halogens is 1. The molecule has 2 N–H and O–H groups in total. The summed E-state index contributed by atoms with van der Waals surface area (Å²) in [5, 5.41) is 15.3. The summed E-state index contributed by atoms with van der Waals surface area (Å²) in [5.74, 6) is -0.879. The van der Waals surface area contributed by atoms with E-state index in [1.807, 2.05) is 47.8 Å². The van der Waals surface area contributed by atoms with E-state index in [4.69, 9.17) is 0 Å². The van der Waals surface area contributed by atoms with E-state index < -0.39 is 11.9 Å². The first kappa shape index (κ1) is 22.9. The number of benzene rings is 2.